The molecule has 2 atom stereocenters. The zero-order chi connectivity index (χ0) is 22.4. The Kier molecular flexibility index (Phi) is 4.02. The number of nitrogens with zero attached hydrogens (tertiary/aromatic N) is 1. The van der Waals surface area contributed by atoms with E-state index >= 15 is 0 Å². The van der Waals surface area contributed by atoms with Crippen LogP contribution in [-0.2, 0) is 19.8 Å². The zero-order valence-corrected chi connectivity index (χ0v) is 18.5. The van der Waals surface area contributed by atoms with Crippen molar-refractivity contribution in [2.75, 3.05) is 4.90 Å². The van der Waals surface area contributed by atoms with Crippen molar-refractivity contribution in [2.24, 2.45) is 11.8 Å². The number of imide groups is 1. The molecule has 6 heteroatoms. The summed E-state index contributed by atoms with van der Waals surface area (Å²) in [4.78, 5) is 42.5. The van der Waals surface area contributed by atoms with Gasteiger partial charge in [-0.15, -0.1) is 0 Å². The van der Waals surface area contributed by atoms with E-state index in [1.165, 1.54) is 13.0 Å². The monoisotopic (exact) mass is 461 g/mol. The maximum absolute atomic E-state index is 14.0. The molecule has 0 radical (unpaired) electrons. The smallest absolute Gasteiger partial charge is 0.239 e. The van der Waals surface area contributed by atoms with Crippen LogP contribution in [0.25, 0.3) is 0 Å². The number of carbonyl (C=O) groups is 3. The number of rotatable bonds is 2. The molecule has 4 nitrogen and oxygen atoms in total. The number of hydrogen-bond donors (Lipinski definition) is 0. The fourth-order valence-electron chi connectivity index (χ4n) is 6.27. The lowest BCUT2D eigenvalue weighted by Crippen LogP contribution is -2.57. The summed E-state index contributed by atoms with van der Waals surface area (Å²) in [5.41, 5.74) is 2.60. The zero-order valence-electron chi connectivity index (χ0n) is 17.0. The van der Waals surface area contributed by atoms with Crippen LogP contribution in [0.15, 0.2) is 66.7 Å². The first-order chi connectivity index (χ1) is 15.4. The van der Waals surface area contributed by atoms with Crippen molar-refractivity contribution >= 4 is 46.5 Å². The van der Waals surface area contributed by atoms with Crippen molar-refractivity contribution in [1.29, 1.82) is 0 Å². The maximum atomic E-state index is 14.0. The highest BCUT2D eigenvalue weighted by atomic mass is 35.5. The fraction of sp³-hybridized carbons (Fsp3) is 0.192. The fourth-order valence-corrected chi connectivity index (χ4v) is 6.76. The van der Waals surface area contributed by atoms with Crippen molar-refractivity contribution in [1.82, 2.24) is 0 Å². The van der Waals surface area contributed by atoms with Gasteiger partial charge in [0, 0.05) is 10.9 Å². The molecule has 158 valence electrons. The number of Topliss-reactive ketones (excluding diaryl/α,β-unsaturated/α-hetero) is 1. The molecule has 3 aromatic carbocycles. The van der Waals surface area contributed by atoms with Crippen LogP contribution in [0.5, 0.6) is 0 Å². The van der Waals surface area contributed by atoms with Crippen LogP contribution < -0.4 is 4.90 Å². The lowest BCUT2D eigenvalue weighted by molar-refractivity contribution is -0.132. The first kappa shape index (κ1) is 19.7. The minimum atomic E-state index is -1.22. The van der Waals surface area contributed by atoms with Crippen LogP contribution in [0.1, 0.15) is 35.1 Å². The Hall–Kier alpha value is -2.95. The molecule has 0 aromatic heterocycles. The Balaban J connectivity index is 1.67. The molecule has 3 aliphatic carbocycles. The van der Waals surface area contributed by atoms with E-state index in [1.54, 1.807) is 12.1 Å². The van der Waals surface area contributed by atoms with E-state index in [-0.39, 0.29) is 22.6 Å². The highest BCUT2D eigenvalue weighted by Gasteiger charge is 2.70. The molecule has 1 fully saturated rings. The molecule has 3 aromatic rings. The van der Waals surface area contributed by atoms with Gasteiger partial charge >= 0.3 is 0 Å². The Bertz CT molecular complexity index is 1320. The molecule has 1 saturated heterocycles. The van der Waals surface area contributed by atoms with E-state index in [0.29, 0.717) is 10.7 Å². The molecule has 2 amide bonds. The second kappa shape index (κ2) is 6.53. The lowest BCUT2D eigenvalue weighted by Gasteiger charge is -2.52. The number of hydrogen-bond acceptors (Lipinski definition) is 3. The third-order valence-corrected chi connectivity index (χ3v) is 7.86. The van der Waals surface area contributed by atoms with Crippen LogP contribution in [-0.4, -0.2) is 17.6 Å². The van der Waals surface area contributed by atoms with Crippen LogP contribution in [0.3, 0.4) is 0 Å². The lowest BCUT2D eigenvalue weighted by atomic mass is 9.46. The summed E-state index contributed by atoms with van der Waals surface area (Å²) >= 11 is 12.4. The number of carbonyl (C=O) groups excluding carboxylic acids is 3. The summed E-state index contributed by atoms with van der Waals surface area (Å²) in [6, 6.07) is 20.1. The normalized spacial score (nSPS) is 27.2. The first-order valence-corrected chi connectivity index (χ1v) is 11.2. The molecule has 2 bridgehead atoms. The van der Waals surface area contributed by atoms with Gasteiger partial charge in [0.25, 0.3) is 0 Å². The summed E-state index contributed by atoms with van der Waals surface area (Å²) in [6.07, 6.45) is 0. The average Bonchev–Trinajstić information content (AvgIpc) is 3.05. The van der Waals surface area contributed by atoms with Crippen LogP contribution in [0, 0.1) is 11.8 Å². The molecular weight excluding hydrogens is 445 g/mol. The van der Waals surface area contributed by atoms with E-state index in [4.69, 9.17) is 23.2 Å². The second-order valence-corrected chi connectivity index (χ2v) is 9.47. The highest BCUT2D eigenvalue weighted by molar-refractivity contribution is 6.38. The van der Waals surface area contributed by atoms with Gasteiger partial charge in [0.1, 0.15) is 5.78 Å². The number of anilines is 1. The van der Waals surface area contributed by atoms with Crippen molar-refractivity contribution < 1.29 is 14.4 Å². The molecule has 0 unspecified atom stereocenters. The second-order valence-electron chi connectivity index (χ2n) is 8.63. The minimum Gasteiger partial charge on any atom is -0.299 e. The predicted molar refractivity (Wildman–Crippen MR) is 122 cm³/mol. The van der Waals surface area contributed by atoms with Gasteiger partial charge in [-0.2, -0.15) is 0 Å². The average molecular weight is 462 g/mol. The van der Waals surface area contributed by atoms with Crippen molar-refractivity contribution in [3.63, 3.8) is 0 Å². The van der Waals surface area contributed by atoms with E-state index in [0.717, 1.165) is 27.2 Å². The molecule has 0 saturated carbocycles. The van der Waals surface area contributed by atoms with Crippen LogP contribution in [0.4, 0.5) is 5.69 Å². The van der Waals surface area contributed by atoms with Crippen LogP contribution >= 0.6 is 23.2 Å². The third-order valence-electron chi connectivity index (χ3n) is 7.32. The van der Waals surface area contributed by atoms with Gasteiger partial charge in [0.2, 0.25) is 11.8 Å². The molecule has 7 rings (SSSR count). The Morgan fingerprint density at radius 2 is 1.47 bits per heavy atom. The van der Waals surface area contributed by atoms with E-state index < -0.39 is 23.2 Å². The van der Waals surface area contributed by atoms with E-state index in [9.17, 15) is 14.4 Å². The Morgan fingerprint density at radius 3 is 2.03 bits per heavy atom. The summed E-state index contributed by atoms with van der Waals surface area (Å²) in [5.74, 6) is -2.67. The SMILES string of the molecule is CC(=O)C12c3ccccc3C(c3ccccc31)[C@@H]1C(=O)N(c3ccc(Cl)cc3Cl)C(=O)[C@@H]12. The van der Waals surface area contributed by atoms with Crippen LogP contribution in [0.2, 0.25) is 10.0 Å². The van der Waals surface area contributed by atoms with Gasteiger partial charge in [0.05, 0.1) is 28.0 Å². The summed E-state index contributed by atoms with van der Waals surface area (Å²) in [5, 5.41) is 0.632. The largest absolute Gasteiger partial charge is 0.299 e. The van der Waals surface area contributed by atoms with Crippen molar-refractivity contribution in [3.05, 3.63) is 99.0 Å². The third kappa shape index (κ3) is 2.17. The van der Waals surface area contributed by atoms with Gasteiger partial charge in [-0.3, -0.25) is 14.4 Å². The number of halogens is 2. The van der Waals surface area contributed by atoms with E-state index in [1.807, 2.05) is 48.5 Å². The quantitative estimate of drug-likeness (QED) is 0.496. The molecule has 0 spiro atoms. The standard InChI is InChI=1S/C26H17Cl2NO3/c1-13(30)26-17-8-4-2-6-15(17)21(16-7-3-5-9-18(16)26)22-23(26)25(32)29(24(22)31)20-11-10-14(27)12-19(20)28/h2-12,21-23H,1H3/t21?,22-,23+,26?/m0/s1. The minimum absolute atomic E-state index is 0.143. The Labute approximate surface area is 194 Å². The van der Waals surface area contributed by atoms with Gasteiger partial charge in [-0.1, -0.05) is 71.7 Å². The first-order valence-electron chi connectivity index (χ1n) is 10.4. The maximum Gasteiger partial charge on any atom is 0.239 e. The summed E-state index contributed by atoms with van der Waals surface area (Å²) in [7, 11) is 0. The number of ketones is 1. The summed E-state index contributed by atoms with van der Waals surface area (Å²) < 4.78 is 0. The highest BCUT2D eigenvalue weighted by Crippen LogP contribution is 2.64. The number of benzene rings is 3. The van der Waals surface area contributed by atoms with Gasteiger partial charge in [-0.05, 0) is 47.4 Å². The predicted octanol–water partition coefficient (Wildman–Crippen LogP) is 5.13. The molecule has 32 heavy (non-hydrogen) atoms. The number of amides is 2. The summed E-state index contributed by atoms with van der Waals surface area (Å²) in [6.45, 7) is 1.52. The van der Waals surface area contributed by atoms with E-state index in [2.05, 4.69) is 0 Å². The topological polar surface area (TPSA) is 54.5 Å². The Morgan fingerprint density at radius 1 is 0.875 bits per heavy atom. The van der Waals surface area contributed by atoms with Gasteiger partial charge in [0.15, 0.2) is 0 Å². The van der Waals surface area contributed by atoms with Gasteiger partial charge in [-0.25, -0.2) is 4.90 Å². The molecule has 0 N–H and O–H groups in total. The van der Waals surface area contributed by atoms with Crippen molar-refractivity contribution in [2.45, 2.75) is 18.3 Å². The molecule has 1 heterocycles. The molecule has 4 aliphatic rings. The van der Waals surface area contributed by atoms with Gasteiger partial charge < -0.3 is 0 Å². The molecular formula is C26H17Cl2NO3. The molecule has 1 aliphatic heterocycles. The van der Waals surface area contributed by atoms with Crippen molar-refractivity contribution in [3.8, 4) is 0 Å².